The number of nitrogens with one attached hydrogen (secondary N) is 1. The lowest BCUT2D eigenvalue weighted by molar-refractivity contribution is 0.0602. The summed E-state index contributed by atoms with van der Waals surface area (Å²) in [5, 5.41) is 3.76. The van der Waals surface area contributed by atoms with Crippen LogP contribution in [0.3, 0.4) is 0 Å². The number of esters is 1. The molecular formula is C15H15ClN2O2. The summed E-state index contributed by atoms with van der Waals surface area (Å²) in [5.74, 6) is -0.445. The number of carbonyl (C=O) groups is 1. The molecule has 0 unspecified atom stereocenters. The van der Waals surface area contributed by atoms with Gasteiger partial charge in [0.15, 0.2) is 0 Å². The fourth-order valence-corrected chi connectivity index (χ4v) is 2.03. The van der Waals surface area contributed by atoms with Crippen molar-refractivity contribution in [3.05, 3.63) is 52.5 Å². The third-order valence-corrected chi connectivity index (χ3v) is 3.20. The maximum Gasteiger partial charge on any atom is 0.340 e. The lowest BCUT2D eigenvalue weighted by Gasteiger charge is -2.15. The van der Waals surface area contributed by atoms with Gasteiger partial charge in [-0.1, -0.05) is 23.7 Å². The van der Waals surface area contributed by atoms with Crippen LogP contribution in [0.15, 0.2) is 36.4 Å². The van der Waals surface area contributed by atoms with Crippen LogP contribution in [0.2, 0.25) is 5.02 Å². The lowest BCUT2D eigenvalue weighted by atomic mass is 10.1. The van der Waals surface area contributed by atoms with Crippen molar-refractivity contribution in [2.24, 2.45) is 0 Å². The summed E-state index contributed by atoms with van der Waals surface area (Å²) in [5.41, 5.74) is 9.10. The summed E-state index contributed by atoms with van der Waals surface area (Å²) >= 11 is 5.99. The van der Waals surface area contributed by atoms with Gasteiger partial charge in [0.25, 0.3) is 0 Å². The summed E-state index contributed by atoms with van der Waals surface area (Å²) in [4.78, 5) is 11.8. The molecule has 2 aromatic rings. The molecular weight excluding hydrogens is 276 g/mol. The van der Waals surface area contributed by atoms with Crippen LogP contribution >= 0.6 is 11.6 Å². The van der Waals surface area contributed by atoms with E-state index in [1.807, 2.05) is 13.0 Å². The first-order valence-corrected chi connectivity index (χ1v) is 6.40. The van der Waals surface area contributed by atoms with Crippen LogP contribution in [0, 0.1) is 6.92 Å². The number of para-hydroxylation sites is 1. The van der Waals surface area contributed by atoms with E-state index in [9.17, 15) is 4.79 Å². The zero-order valence-electron chi connectivity index (χ0n) is 11.2. The van der Waals surface area contributed by atoms with Gasteiger partial charge in [-0.2, -0.15) is 0 Å². The van der Waals surface area contributed by atoms with Gasteiger partial charge in [-0.3, -0.25) is 0 Å². The molecule has 104 valence electrons. The van der Waals surface area contributed by atoms with E-state index >= 15 is 0 Å². The van der Waals surface area contributed by atoms with E-state index in [1.54, 1.807) is 30.3 Å². The molecule has 0 spiro atoms. The second kappa shape index (κ2) is 5.84. The molecule has 0 radical (unpaired) electrons. The summed E-state index contributed by atoms with van der Waals surface area (Å²) in [6, 6.07) is 10.6. The first-order chi connectivity index (χ1) is 9.52. The van der Waals surface area contributed by atoms with Crippen molar-refractivity contribution >= 4 is 34.6 Å². The van der Waals surface area contributed by atoms with Gasteiger partial charge < -0.3 is 15.8 Å². The van der Waals surface area contributed by atoms with E-state index in [0.717, 1.165) is 11.3 Å². The van der Waals surface area contributed by atoms with Crippen LogP contribution in [-0.4, -0.2) is 13.1 Å². The molecule has 0 heterocycles. The Morgan fingerprint density at radius 3 is 2.75 bits per heavy atom. The van der Waals surface area contributed by atoms with Gasteiger partial charge in [-0.15, -0.1) is 0 Å². The average molecular weight is 291 g/mol. The predicted molar refractivity (Wildman–Crippen MR) is 81.7 cm³/mol. The van der Waals surface area contributed by atoms with Crippen molar-refractivity contribution in [2.45, 2.75) is 6.92 Å². The SMILES string of the molecule is COC(=O)c1cccc(N)c1Nc1cc(Cl)ccc1C. The van der Waals surface area contributed by atoms with Crippen molar-refractivity contribution < 1.29 is 9.53 Å². The number of carbonyl (C=O) groups excluding carboxylic acids is 1. The zero-order chi connectivity index (χ0) is 14.7. The number of methoxy groups -OCH3 is 1. The minimum Gasteiger partial charge on any atom is -0.465 e. The number of hydrogen-bond acceptors (Lipinski definition) is 4. The predicted octanol–water partition coefficient (Wildman–Crippen LogP) is 3.76. The highest BCUT2D eigenvalue weighted by atomic mass is 35.5. The van der Waals surface area contributed by atoms with Crippen LogP contribution in [0.25, 0.3) is 0 Å². The van der Waals surface area contributed by atoms with Gasteiger partial charge in [-0.05, 0) is 36.8 Å². The highest BCUT2D eigenvalue weighted by molar-refractivity contribution is 6.30. The smallest absolute Gasteiger partial charge is 0.340 e. The van der Waals surface area contributed by atoms with Gasteiger partial charge in [0.2, 0.25) is 0 Å². The van der Waals surface area contributed by atoms with Crippen molar-refractivity contribution in [3.8, 4) is 0 Å². The molecule has 0 aliphatic heterocycles. The molecule has 0 atom stereocenters. The number of nitrogens with two attached hydrogens (primary N) is 1. The number of anilines is 3. The molecule has 0 amide bonds. The van der Waals surface area contributed by atoms with Crippen molar-refractivity contribution in [2.75, 3.05) is 18.2 Å². The third-order valence-electron chi connectivity index (χ3n) is 2.96. The Labute approximate surface area is 122 Å². The summed E-state index contributed by atoms with van der Waals surface area (Å²) in [6.45, 7) is 1.94. The zero-order valence-corrected chi connectivity index (χ0v) is 12.0. The van der Waals surface area contributed by atoms with Crippen LogP contribution in [0.4, 0.5) is 17.1 Å². The second-order valence-electron chi connectivity index (χ2n) is 4.35. The molecule has 3 N–H and O–H groups in total. The fraction of sp³-hybridized carbons (Fsp3) is 0.133. The minimum atomic E-state index is -0.445. The number of halogens is 1. The van der Waals surface area contributed by atoms with Gasteiger partial charge in [-0.25, -0.2) is 4.79 Å². The number of hydrogen-bond donors (Lipinski definition) is 2. The third kappa shape index (κ3) is 2.86. The maximum atomic E-state index is 11.8. The number of rotatable bonds is 3. The molecule has 5 heteroatoms. The monoisotopic (exact) mass is 290 g/mol. The molecule has 20 heavy (non-hydrogen) atoms. The Morgan fingerprint density at radius 1 is 1.30 bits per heavy atom. The molecule has 2 rings (SSSR count). The quantitative estimate of drug-likeness (QED) is 0.667. The van der Waals surface area contributed by atoms with Crippen LogP contribution < -0.4 is 11.1 Å². The molecule has 0 aromatic heterocycles. The molecule has 0 saturated carbocycles. The van der Waals surface area contributed by atoms with Crippen LogP contribution in [-0.2, 0) is 4.74 Å². The highest BCUT2D eigenvalue weighted by Gasteiger charge is 2.15. The van der Waals surface area contributed by atoms with E-state index < -0.39 is 5.97 Å². The van der Waals surface area contributed by atoms with Crippen LogP contribution in [0.5, 0.6) is 0 Å². The Kier molecular flexibility index (Phi) is 4.15. The maximum absolute atomic E-state index is 11.8. The first-order valence-electron chi connectivity index (χ1n) is 6.03. The number of ether oxygens (including phenoxy) is 1. The number of nitrogen functional groups attached to an aromatic ring is 1. The second-order valence-corrected chi connectivity index (χ2v) is 4.78. The van der Waals surface area contributed by atoms with E-state index in [-0.39, 0.29) is 0 Å². The van der Waals surface area contributed by atoms with E-state index in [0.29, 0.717) is 22.0 Å². The summed E-state index contributed by atoms with van der Waals surface area (Å²) < 4.78 is 4.76. The molecule has 4 nitrogen and oxygen atoms in total. The number of benzene rings is 2. The lowest BCUT2D eigenvalue weighted by Crippen LogP contribution is -2.08. The Hall–Kier alpha value is -2.20. The molecule has 0 saturated heterocycles. The van der Waals surface area contributed by atoms with E-state index in [4.69, 9.17) is 22.1 Å². The Morgan fingerprint density at radius 2 is 2.05 bits per heavy atom. The topological polar surface area (TPSA) is 64.3 Å². The summed E-state index contributed by atoms with van der Waals surface area (Å²) in [7, 11) is 1.33. The normalized spacial score (nSPS) is 10.2. The molecule has 0 bridgehead atoms. The Balaban J connectivity index is 2.47. The molecule has 0 fully saturated rings. The van der Waals surface area contributed by atoms with Crippen molar-refractivity contribution in [3.63, 3.8) is 0 Å². The van der Waals surface area contributed by atoms with E-state index in [1.165, 1.54) is 7.11 Å². The summed E-state index contributed by atoms with van der Waals surface area (Å²) in [6.07, 6.45) is 0. The van der Waals surface area contributed by atoms with Gasteiger partial charge >= 0.3 is 5.97 Å². The van der Waals surface area contributed by atoms with Crippen molar-refractivity contribution in [1.29, 1.82) is 0 Å². The molecule has 2 aromatic carbocycles. The van der Waals surface area contributed by atoms with Crippen LogP contribution in [0.1, 0.15) is 15.9 Å². The van der Waals surface area contributed by atoms with Crippen molar-refractivity contribution in [1.82, 2.24) is 0 Å². The first kappa shape index (κ1) is 14.2. The average Bonchev–Trinajstić information content (AvgIpc) is 2.44. The highest BCUT2D eigenvalue weighted by Crippen LogP contribution is 2.30. The largest absolute Gasteiger partial charge is 0.465 e. The molecule has 0 aliphatic carbocycles. The van der Waals surface area contributed by atoms with Gasteiger partial charge in [0.05, 0.1) is 24.0 Å². The minimum absolute atomic E-state index is 0.381. The van der Waals surface area contributed by atoms with Gasteiger partial charge in [0, 0.05) is 10.7 Å². The Bertz CT molecular complexity index is 656. The van der Waals surface area contributed by atoms with E-state index in [2.05, 4.69) is 5.32 Å². The van der Waals surface area contributed by atoms with Gasteiger partial charge in [0.1, 0.15) is 0 Å². The number of aryl methyl sites for hydroxylation is 1. The molecule has 0 aliphatic rings. The fourth-order valence-electron chi connectivity index (χ4n) is 1.85. The standard InChI is InChI=1S/C15H15ClN2O2/c1-9-6-7-10(16)8-13(9)18-14-11(15(19)20-2)4-3-5-12(14)17/h3-8,18H,17H2,1-2H3.